The lowest BCUT2D eigenvalue weighted by Crippen LogP contribution is -2.16. The second-order valence-corrected chi connectivity index (χ2v) is 5.24. The molecule has 1 aromatic rings. The van der Waals surface area contributed by atoms with Gasteiger partial charge >= 0.3 is 0 Å². The average Bonchev–Trinajstić information content (AvgIpc) is 2.44. The molecule has 1 N–H and O–H groups in total. The van der Waals surface area contributed by atoms with Crippen molar-refractivity contribution in [1.29, 1.82) is 0 Å². The molecule has 1 unspecified atom stereocenters. The van der Waals surface area contributed by atoms with E-state index in [-0.39, 0.29) is 0 Å². The Hall–Kier alpha value is -0.410. The first kappa shape index (κ1) is 11.7. The number of nitrogens with zero attached hydrogens (tertiary/aromatic N) is 1. The second-order valence-electron chi connectivity index (χ2n) is 3.95. The normalized spacial score (nSPS) is 13.1. The Balaban J connectivity index is 2.38. The van der Waals surface area contributed by atoms with Gasteiger partial charge in [0.25, 0.3) is 0 Å². The Morgan fingerprint density at radius 2 is 2.14 bits per heavy atom. The Morgan fingerprint density at radius 1 is 1.43 bits per heavy atom. The molecule has 0 saturated heterocycles. The average molecular weight is 212 g/mol. The predicted molar refractivity (Wildman–Crippen MR) is 63.0 cm³/mol. The SMILES string of the molecule is CNCC(C)CCc1nc(C)c(C)s1. The van der Waals surface area contributed by atoms with Gasteiger partial charge < -0.3 is 5.32 Å². The van der Waals surface area contributed by atoms with E-state index in [0.717, 1.165) is 18.9 Å². The van der Waals surface area contributed by atoms with E-state index >= 15 is 0 Å². The van der Waals surface area contributed by atoms with Crippen LogP contribution in [0, 0.1) is 19.8 Å². The summed E-state index contributed by atoms with van der Waals surface area (Å²) in [6.07, 6.45) is 2.36. The summed E-state index contributed by atoms with van der Waals surface area (Å²) in [6, 6.07) is 0. The fourth-order valence-electron chi connectivity index (χ4n) is 1.47. The van der Waals surface area contributed by atoms with Gasteiger partial charge in [-0.25, -0.2) is 4.98 Å². The van der Waals surface area contributed by atoms with Crippen LogP contribution in [-0.4, -0.2) is 18.6 Å². The zero-order valence-corrected chi connectivity index (χ0v) is 10.4. The molecule has 0 radical (unpaired) electrons. The summed E-state index contributed by atoms with van der Waals surface area (Å²) < 4.78 is 0. The summed E-state index contributed by atoms with van der Waals surface area (Å²) in [5.74, 6) is 0.740. The largest absolute Gasteiger partial charge is 0.319 e. The van der Waals surface area contributed by atoms with Crippen molar-refractivity contribution in [3.63, 3.8) is 0 Å². The lowest BCUT2D eigenvalue weighted by molar-refractivity contribution is 0.504. The maximum absolute atomic E-state index is 4.54. The highest BCUT2D eigenvalue weighted by Crippen LogP contribution is 2.19. The lowest BCUT2D eigenvalue weighted by Gasteiger charge is -2.08. The summed E-state index contributed by atoms with van der Waals surface area (Å²) in [7, 11) is 2.01. The van der Waals surface area contributed by atoms with E-state index in [4.69, 9.17) is 0 Å². The molecule has 0 saturated carbocycles. The van der Waals surface area contributed by atoms with Crippen molar-refractivity contribution in [3.8, 4) is 0 Å². The summed E-state index contributed by atoms with van der Waals surface area (Å²) in [5, 5.41) is 4.50. The predicted octanol–water partition coefficient (Wildman–Crippen LogP) is 2.55. The summed E-state index contributed by atoms with van der Waals surface area (Å²) in [6.45, 7) is 7.62. The van der Waals surface area contributed by atoms with E-state index in [2.05, 4.69) is 31.1 Å². The van der Waals surface area contributed by atoms with Crippen LogP contribution in [0.2, 0.25) is 0 Å². The quantitative estimate of drug-likeness (QED) is 0.811. The molecular weight excluding hydrogens is 192 g/mol. The molecule has 3 heteroatoms. The zero-order chi connectivity index (χ0) is 10.6. The minimum absolute atomic E-state index is 0.740. The minimum atomic E-state index is 0.740. The van der Waals surface area contributed by atoms with Gasteiger partial charge in [0.1, 0.15) is 0 Å². The standard InChI is InChI=1S/C11H20N2S/c1-8(7-12-4)5-6-11-13-9(2)10(3)14-11/h8,12H,5-7H2,1-4H3. The highest BCUT2D eigenvalue weighted by atomic mass is 32.1. The Morgan fingerprint density at radius 3 is 2.64 bits per heavy atom. The van der Waals surface area contributed by atoms with Crippen LogP contribution < -0.4 is 5.32 Å². The zero-order valence-electron chi connectivity index (χ0n) is 9.55. The number of rotatable bonds is 5. The number of thiazole rings is 1. The number of aromatic nitrogens is 1. The fourth-order valence-corrected chi connectivity index (χ4v) is 2.42. The molecule has 1 heterocycles. The summed E-state index contributed by atoms with van der Waals surface area (Å²) in [4.78, 5) is 5.90. The van der Waals surface area contributed by atoms with Crippen molar-refractivity contribution in [2.45, 2.75) is 33.6 Å². The minimum Gasteiger partial charge on any atom is -0.319 e. The van der Waals surface area contributed by atoms with Crippen molar-refractivity contribution in [2.24, 2.45) is 5.92 Å². The molecule has 1 aromatic heterocycles. The molecule has 0 aliphatic heterocycles. The van der Waals surface area contributed by atoms with Gasteiger partial charge in [-0.15, -0.1) is 11.3 Å². The second kappa shape index (κ2) is 5.47. The Kier molecular flexibility index (Phi) is 4.55. The highest BCUT2D eigenvalue weighted by molar-refractivity contribution is 7.11. The first-order valence-corrected chi connectivity index (χ1v) is 6.02. The van der Waals surface area contributed by atoms with Crippen LogP contribution in [0.3, 0.4) is 0 Å². The van der Waals surface area contributed by atoms with E-state index < -0.39 is 0 Å². The van der Waals surface area contributed by atoms with Crippen molar-refractivity contribution < 1.29 is 0 Å². The Labute approximate surface area is 90.8 Å². The van der Waals surface area contributed by atoms with Gasteiger partial charge in [0.05, 0.1) is 10.7 Å². The van der Waals surface area contributed by atoms with E-state index in [9.17, 15) is 0 Å². The smallest absolute Gasteiger partial charge is 0.0930 e. The number of aryl methyl sites for hydroxylation is 3. The van der Waals surface area contributed by atoms with Crippen LogP contribution >= 0.6 is 11.3 Å². The van der Waals surface area contributed by atoms with Gasteiger partial charge in [0, 0.05) is 4.88 Å². The molecule has 0 aliphatic rings. The number of hydrogen-bond donors (Lipinski definition) is 1. The molecule has 80 valence electrons. The molecule has 0 aliphatic carbocycles. The van der Waals surface area contributed by atoms with E-state index in [1.54, 1.807) is 0 Å². The van der Waals surface area contributed by atoms with Crippen molar-refractivity contribution in [2.75, 3.05) is 13.6 Å². The Bertz CT molecular complexity index is 261. The van der Waals surface area contributed by atoms with E-state index in [1.165, 1.54) is 22.0 Å². The van der Waals surface area contributed by atoms with Gasteiger partial charge in [-0.2, -0.15) is 0 Å². The molecule has 14 heavy (non-hydrogen) atoms. The third-order valence-electron chi connectivity index (χ3n) is 2.48. The lowest BCUT2D eigenvalue weighted by atomic mass is 10.1. The number of nitrogens with one attached hydrogen (secondary N) is 1. The molecule has 0 aromatic carbocycles. The van der Waals surface area contributed by atoms with Gasteiger partial charge in [-0.3, -0.25) is 0 Å². The van der Waals surface area contributed by atoms with Crippen LogP contribution in [0.4, 0.5) is 0 Å². The van der Waals surface area contributed by atoms with Gasteiger partial charge in [-0.05, 0) is 46.2 Å². The van der Waals surface area contributed by atoms with Crippen LogP contribution in [0.1, 0.15) is 28.9 Å². The van der Waals surface area contributed by atoms with Gasteiger partial charge in [0.15, 0.2) is 0 Å². The van der Waals surface area contributed by atoms with Crippen molar-refractivity contribution in [1.82, 2.24) is 10.3 Å². The van der Waals surface area contributed by atoms with Crippen LogP contribution in [-0.2, 0) is 6.42 Å². The van der Waals surface area contributed by atoms with Crippen LogP contribution in [0.15, 0.2) is 0 Å². The maximum atomic E-state index is 4.54. The van der Waals surface area contributed by atoms with Gasteiger partial charge in [0.2, 0.25) is 0 Å². The van der Waals surface area contributed by atoms with E-state index in [0.29, 0.717) is 0 Å². The van der Waals surface area contributed by atoms with Gasteiger partial charge in [-0.1, -0.05) is 6.92 Å². The first-order valence-electron chi connectivity index (χ1n) is 5.21. The maximum Gasteiger partial charge on any atom is 0.0930 e. The van der Waals surface area contributed by atoms with E-state index in [1.807, 2.05) is 18.4 Å². The first-order chi connectivity index (χ1) is 6.63. The van der Waals surface area contributed by atoms with Crippen LogP contribution in [0.25, 0.3) is 0 Å². The molecule has 1 rings (SSSR count). The van der Waals surface area contributed by atoms with Crippen molar-refractivity contribution >= 4 is 11.3 Å². The fraction of sp³-hybridized carbons (Fsp3) is 0.727. The third kappa shape index (κ3) is 3.39. The third-order valence-corrected chi connectivity index (χ3v) is 3.61. The molecular formula is C11H20N2S. The summed E-state index contributed by atoms with van der Waals surface area (Å²) in [5.41, 5.74) is 1.20. The molecule has 0 spiro atoms. The van der Waals surface area contributed by atoms with Crippen molar-refractivity contribution in [3.05, 3.63) is 15.6 Å². The molecule has 0 amide bonds. The highest BCUT2D eigenvalue weighted by Gasteiger charge is 2.06. The topological polar surface area (TPSA) is 24.9 Å². The number of hydrogen-bond acceptors (Lipinski definition) is 3. The molecule has 2 nitrogen and oxygen atoms in total. The molecule has 1 atom stereocenters. The molecule has 0 bridgehead atoms. The monoisotopic (exact) mass is 212 g/mol. The van der Waals surface area contributed by atoms with Crippen LogP contribution in [0.5, 0.6) is 0 Å². The summed E-state index contributed by atoms with van der Waals surface area (Å²) >= 11 is 1.84. The molecule has 0 fully saturated rings.